The molecule has 0 bridgehead atoms. The Morgan fingerprint density at radius 2 is 1.74 bits per heavy atom. The minimum absolute atomic E-state index is 0.111. The number of hydrogen-bond acceptors (Lipinski definition) is 5. The molecule has 0 radical (unpaired) electrons. The number of hydrazone groups is 1. The van der Waals surface area contributed by atoms with E-state index in [2.05, 4.69) is 37.1 Å². The molecule has 0 heterocycles. The number of rotatable bonds is 7. The second-order valence-corrected chi connectivity index (χ2v) is 8.18. The van der Waals surface area contributed by atoms with Crippen LogP contribution in [0.15, 0.2) is 46.0 Å². The Balaban J connectivity index is 1.45. The van der Waals surface area contributed by atoms with Crippen LogP contribution in [0.1, 0.15) is 29.5 Å². The summed E-state index contributed by atoms with van der Waals surface area (Å²) in [4.78, 5) is 35.3. The largest absolute Gasteiger partial charge is 0.484 e. The molecule has 0 saturated heterocycles. The molecule has 1 aliphatic carbocycles. The average molecular weight is 487 g/mol. The quantitative estimate of drug-likeness (QED) is 0.317. The maximum Gasteiger partial charge on any atom is 0.329 e. The Labute approximate surface area is 188 Å². The maximum atomic E-state index is 12.2. The van der Waals surface area contributed by atoms with E-state index in [1.807, 2.05) is 26.0 Å². The molecule has 1 fully saturated rings. The Hall–Kier alpha value is -3.20. The van der Waals surface area contributed by atoms with Gasteiger partial charge in [-0.1, -0.05) is 15.9 Å². The summed E-state index contributed by atoms with van der Waals surface area (Å²) >= 11 is 3.44. The lowest BCUT2D eigenvalue weighted by molar-refractivity contribution is -0.139. The van der Waals surface area contributed by atoms with Crippen LogP contribution in [0.4, 0.5) is 5.69 Å². The first-order valence-corrected chi connectivity index (χ1v) is 10.5. The van der Waals surface area contributed by atoms with Gasteiger partial charge in [0.15, 0.2) is 6.61 Å². The summed E-state index contributed by atoms with van der Waals surface area (Å²) in [7, 11) is 0. The van der Waals surface area contributed by atoms with Crippen molar-refractivity contribution in [3.8, 4) is 5.75 Å². The van der Waals surface area contributed by atoms with Crippen molar-refractivity contribution in [2.45, 2.75) is 32.7 Å². The maximum absolute atomic E-state index is 12.2. The second-order valence-electron chi connectivity index (χ2n) is 7.27. The third-order valence-corrected chi connectivity index (χ3v) is 4.97. The van der Waals surface area contributed by atoms with Crippen LogP contribution >= 0.6 is 15.9 Å². The highest BCUT2D eigenvalue weighted by atomic mass is 79.9. The van der Waals surface area contributed by atoms with Crippen LogP contribution < -0.4 is 20.8 Å². The van der Waals surface area contributed by atoms with Crippen LogP contribution in [-0.4, -0.2) is 36.6 Å². The van der Waals surface area contributed by atoms with E-state index in [0.29, 0.717) is 11.3 Å². The fourth-order valence-electron chi connectivity index (χ4n) is 2.78. The number of carbonyl (C=O) groups is 3. The van der Waals surface area contributed by atoms with Crippen molar-refractivity contribution in [3.05, 3.63) is 57.6 Å². The zero-order valence-corrected chi connectivity index (χ0v) is 18.8. The number of aryl methyl sites for hydroxylation is 2. The number of anilines is 1. The molecule has 9 heteroatoms. The predicted molar refractivity (Wildman–Crippen MR) is 121 cm³/mol. The Bertz CT molecular complexity index is 994. The molecule has 0 spiro atoms. The Kier molecular flexibility index (Phi) is 7.41. The van der Waals surface area contributed by atoms with Crippen molar-refractivity contribution in [2.75, 3.05) is 11.9 Å². The lowest BCUT2D eigenvalue weighted by Crippen LogP contribution is -2.38. The molecule has 1 aliphatic rings. The van der Waals surface area contributed by atoms with E-state index in [9.17, 15) is 14.4 Å². The molecule has 2 aromatic carbocycles. The van der Waals surface area contributed by atoms with Gasteiger partial charge in [-0.05, 0) is 79.8 Å². The molecule has 2 aromatic rings. The van der Waals surface area contributed by atoms with Gasteiger partial charge >= 0.3 is 11.8 Å². The second kappa shape index (κ2) is 10.2. The number of amides is 3. The molecule has 3 N–H and O–H groups in total. The van der Waals surface area contributed by atoms with Crippen LogP contribution in [0.2, 0.25) is 0 Å². The first-order chi connectivity index (χ1) is 14.8. The molecule has 162 valence electrons. The van der Waals surface area contributed by atoms with Crippen molar-refractivity contribution in [1.29, 1.82) is 0 Å². The van der Waals surface area contributed by atoms with E-state index < -0.39 is 11.8 Å². The number of nitrogens with one attached hydrogen (secondary N) is 3. The van der Waals surface area contributed by atoms with Crippen molar-refractivity contribution >= 4 is 45.6 Å². The van der Waals surface area contributed by atoms with E-state index in [0.717, 1.165) is 34.1 Å². The number of nitrogens with zero attached hydrogens (tertiary/aromatic N) is 1. The van der Waals surface area contributed by atoms with Crippen molar-refractivity contribution in [2.24, 2.45) is 5.10 Å². The average Bonchev–Trinajstić information content (AvgIpc) is 3.54. The summed E-state index contributed by atoms with van der Waals surface area (Å²) in [6.07, 6.45) is 3.22. The van der Waals surface area contributed by atoms with E-state index >= 15 is 0 Å². The number of hydrogen-bond donors (Lipinski definition) is 3. The van der Waals surface area contributed by atoms with E-state index in [1.165, 1.54) is 6.21 Å². The van der Waals surface area contributed by atoms with Gasteiger partial charge in [0.25, 0.3) is 5.91 Å². The van der Waals surface area contributed by atoms with Gasteiger partial charge in [0, 0.05) is 16.2 Å². The summed E-state index contributed by atoms with van der Waals surface area (Å²) in [6.45, 7) is 3.72. The molecule has 0 unspecified atom stereocenters. The van der Waals surface area contributed by atoms with Gasteiger partial charge in [-0.15, -0.1) is 0 Å². The summed E-state index contributed by atoms with van der Waals surface area (Å²) in [5.41, 5.74) is 5.57. The molecule has 0 aliphatic heterocycles. The predicted octanol–water partition coefficient (Wildman–Crippen LogP) is 2.81. The molecular formula is C22H23BrN4O4. The number of benzene rings is 2. The molecule has 1 saturated carbocycles. The van der Waals surface area contributed by atoms with Crippen molar-refractivity contribution < 1.29 is 19.1 Å². The van der Waals surface area contributed by atoms with Gasteiger partial charge in [-0.3, -0.25) is 14.4 Å². The zero-order valence-electron chi connectivity index (χ0n) is 17.2. The van der Waals surface area contributed by atoms with Crippen LogP contribution in [0, 0.1) is 13.8 Å². The monoisotopic (exact) mass is 486 g/mol. The first-order valence-electron chi connectivity index (χ1n) is 9.75. The van der Waals surface area contributed by atoms with Gasteiger partial charge in [0.2, 0.25) is 0 Å². The standard InChI is InChI=1S/C22H23BrN4O4/c1-13-9-16(23)10-14(2)20(13)26-19(28)12-31-18-7-3-15(4-8-18)11-24-27-22(30)21(29)25-17-5-6-17/h3-4,7-11,17H,5-6,12H2,1-2H3,(H,25,29)(H,26,28)(H,27,30)/b24-11-. The molecular weight excluding hydrogens is 464 g/mol. The van der Waals surface area contributed by atoms with Gasteiger partial charge < -0.3 is 15.4 Å². The van der Waals surface area contributed by atoms with Crippen molar-refractivity contribution in [1.82, 2.24) is 10.7 Å². The third-order valence-electron chi connectivity index (χ3n) is 4.51. The van der Waals surface area contributed by atoms with Crippen LogP contribution in [0.25, 0.3) is 0 Å². The minimum atomic E-state index is -0.801. The molecule has 3 amide bonds. The summed E-state index contributed by atoms with van der Waals surface area (Å²) in [5, 5.41) is 9.22. The van der Waals surface area contributed by atoms with E-state index in [1.54, 1.807) is 24.3 Å². The molecule has 8 nitrogen and oxygen atoms in total. The van der Waals surface area contributed by atoms with Gasteiger partial charge in [0.05, 0.1) is 6.21 Å². The van der Waals surface area contributed by atoms with Gasteiger partial charge in [-0.25, -0.2) is 5.43 Å². The zero-order chi connectivity index (χ0) is 22.4. The molecule has 0 aromatic heterocycles. The SMILES string of the molecule is Cc1cc(Br)cc(C)c1NC(=O)COc1ccc(/C=N\NC(=O)C(=O)NC2CC2)cc1. The minimum Gasteiger partial charge on any atom is -0.484 e. The van der Waals surface area contributed by atoms with Crippen molar-refractivity contribution in [3.63, 3.8) is 0 Å². The summed E-state index contributed by atoms with van der Waals surface area (Å²) in [6, 6.07) is 10.8. The number of ether oxygens (including phenoxy) is 1. The fraction of sp³-hybridized carbons (Fsp3) is 0.273. The highest BCUT2D eigenvalue weighted by Crippen LogP contribution is 2.25. The van der Waals surface area contributed by atoms with E-state index in [-0.39, 0.29) is 18.6 Å². The lowest BCUT2D eigenvalue weighted by Gasteiger charge is -2.13. The van der Waals surface area contributed by atoms with Crippen LogP contribution in [0.3, 0.4) is 0 Å². The smallest absolute Gasteiger partial charge is 0.329 e. The normalized spacial score (nSPS) is 13.0. The molecule has 31 heavy (non-hydrogen) atoms. The Morgan fingerprint density at radius 1 is 1.10 bits per heavy atom. The first kappa shape index (κ1) is 22.5. The lowest BCUT2D eigenvalue weighted by atomic mass is 10.1. The van der Waals surface area contributed by atoms with Crippen LogP contribution in [0.5, 0.6) is 5.75 Å². The number of halogens is 1. The Morgan fingerprint density at radius 3 is 2.35 bits per heavy atom. The topological polar surface area (TPSA) is 109 Å². The molecule has 3 rings (SSSR count). The van der Waals surface area contributed by atoms with Crippen LogP contribution in [-0.2, 0) is 14.4 Å². The van der Waals surface area contributed by atoms with E-state index in [4.69, 9.17) is 4.74 Å². The number of carbonyl (C=O) groups excluding carboxylic acids is 3. The van der Waals surface area contributed by atoms with Gasteiger partial charge in [0.1, 0.15) is 5.75 Å². The summed E-state index contributed by atoms with van der Waals surface area (Å²) < 4.78 is 6.49. The summed E-state index contributed by atoms with van der Waals surface area (Å²) in [5.74, 6) is -1.23. The van der Waals surface area contributed by atoms with Gasteiger partial charge in [-0.2, -0.15) is 5.10 Å². The fourth-order valence-corrected chi connectivity index (χ4v) is 3.46. The molecule has 0 atom stereocenters. The highest BCUT2D eigenvalue weighted by molar-refractivity contribution is 9.10. The third kappa shape index (κ3) is 6.92. The highest BCUT2D eigenvalue weighted by Gasteiger charge is 2.26.